The first-order chi connectivity index (χ1) is 12.7. The Bertz CT molecular complexity index is 847. The van der Waals surface area contributed by atoms with Crippen molar-refractivity contribution < 1.29 is 27.3 Å². The van der Waals surface area contributed by atoms with Crippen molar-refractivity contribution in [1.29, 1.82) is 0 Å². The molecule has 0 aliphatic rings. The highest BCUT2D eigenvalue weighted by atomic mass is 35.5. The van der Waals surface area contributed by atoms with Crippen molar-refractivity contribution >= 4 is 23.2 Å². The maximum atomic E-state index is 12.5. The zero-order chi connectivity index (χ0) is 20.0. The molecule has 1 heterocycles. The lowest BCUT2D eigenvalue weighted by atomic mass is 10.1. The third-order valence-electron chi connectivity index (χ3n) is 3.02. The second-order valence-electron chi connectivity index (χ2n) is 5.30. The highest BCUT2D eigenvalue weighted by Crippen LogP contribution is 2.29. The fourth-order valence-electron chi connectivity index (χ4n) is 1.78. The van der Waals surface area contributed by atoms with Crippen LogP contribution in [-0.4, -0.2) is 34.9 Å². The number of halogens is 4. The maximum Gasteiger partial charge on any atom is 0.471 e. The summed E-state index contributed by atoms with van der Waals surface area (Å²) in [6.45, 7) is 5.28. The topological polar surface area (TPSA) is 89.6 Å². The fraction of sp³-hybridized carbons (Fsp3) is 0.250. The average Bonchev–Trinajstić information content (AvgIpc) is 3.10. The van der Waals surface area contributed by atoms with E-state index in [4.69, 9.17) is 16.4 Å². The lowest BCUT2D eigenvalue weighted by molar-refractivity contribution is -0.159. The van der Waals surface area contributed by atoms with E-state index >= 15 is 0 Å². The summed E-state index contributed by atoms with van der Waals surface area (Å²) in [5, 5.41) is 9.93. The summed E-state index contributed by atoms with van der Waals surface area (Å²) < 4.78 is 41.6. The number of aromatic nitrogens is 2. The first-order valence-corrected chi connectivity index (χ1v) is 7.83. The van der Waals surface area contributed by atoms with Gasteiger partial charge in [0, 0.05) is 11.1 Å². The van der Waals surface area contributed by atoms with Gasteiger partial charge < -0.3 is 14.7 Å². The minimum Gasteiger partial charge on any atom is -0.390 e. The monoisotopic (exact) mass is 402 g/mol. The maximum absolute atomic E-state index is 12.5. The Hall–Kier alpha value is -2.88. The first-order valence-electron chi connectivity index (χ1n) is 7.45. The zero-order valence-electron chi connectivity index (χ0n) is 14.0. The number of oxime groups is 1. The molecule has 0 aliphatic heterocycles. The SMILES string of the molecule is C=C(Cl)CO/N=C(/C)CNC(=O)c1ccc(-c2noc(C(F)(F)F)n2)cc1. The summed E-state index contributed by atoms with van der Waals surface area (Å²) >= 11 is 5.52. The summed E-state index contributed by atoms with van der Waals surface area (Å²) in [5.41, 5.74) is 1.07. The van der Waals surface area contributed by atoms with E-state index in [0.29, 0.717) is 16.3 Å². The van der Waals surface area contributed by atoms with Crippen LogP contribution >= 0.6 is 11.6 Å². The second kappa shape index (κ2) is 8.67. The molecule has 0 radical (unpaired) electrons. The van der Waals surface area contributed by atoms with E-state index in [1.54, 1.807) is 6.92 Å². The number of carbonyl (C=O) groups is 1. The van der Waals surface area contributed by atoms with Gasteiger partial charge in [-0.3, -0.25) is 4.79 Å². The van der Waals surface area contributed by atoms with E-state index in [0.717, 1.165) is 0 Å². The average molecular weight is 403 g/mol. The van der Waals surface area contributed by atoms with Crippen LogP contribution in [0.3, 0.4) is 0 Å². The second-order valence-corrected chi connectivity index (χ2v) is 5.83. The van der Waals surface area contributed by atoms with Gasteiger partial charge in [-0.1, -0.05) is 40.6 Å². The molecule has 0 fully saturated rings. The number of hydrogen-bond donors (Lipinski definition) is 1. The minimum atomic E-state index is -4.72. The molecule has 2 rings (SSSR count). The van der Waals surface area contributed by atoms with Crippen LogP contribution in [0.15, 0.2) is 45.6 Å². The first kappa shape index (κ1) is 20.4. The van der Waals surface area contributed by atoms with Crippen LogP contribution in [0.4, 0.5) is 13.2 Å². The van der Waals surface area contributed by atoms with Gasteiger partial charge in [-0.2, -0.15) is 18.2 Å². The van der Waals surface area contributed by atoms with Crippen molar-refractivity contribution in [1.82, 2.24) is 15.5 Å². The molecule has 0 atom stereocenters. The Morgan fingerprint density at radius 3 is 2.59 bits per heavy atom. The van der Waals surface area contributed by atoms with Crippen LogP contribution in [0.2, 0.25) is 0 Å². The number of hydrogen-bond acceptors (Lipinski definition) is 6. The van der Waals surface area contributed by atoms with Gasteiger partial charge in [0.2, 0.25) is 5.82 Å². The van der Waals surface area contributed by atoms with Crippen LogP contribution in [0.25, 0.3) is 11.4 Å². The number of rotatable bonds is 7. The summed E-state index contributed by atoms with van der Waals surface area (Å²) in [5.74, 6) is -2.06. The lowest BCUT2D eigenvalue weighted by Gasteiger charge is -2.05. The molecular formula is C16H14ClF3N4O3. The minimum absolute atomic E-state index is 0.0560. The van der Waals surface area contributed by atoms with E-state index in [-0.39, 0.29) is 24.5 Å². The molecule has 0 aliphatic carbocycles. The molecule has 1 aromatic carbocycles. The van der Waals surface area contributed by atoms with Crippen LogP contribution < -0.4 is 5.32 Å². The largest absolute Gasteiger partial charge is 0.471 e. The van der Waals surface area contributed by atoms with E-state index in [1.807, 2.05) is 0 Å². The summed E-state index contributed by atoms with van der Waals surface area (Å²) in [6, 6.07) is 5.68. The van der Waals surface area contributed by atoms with Gasteiger partial charge in [-0.25, -0.2) is 0 Å². The molecule has 1 amide bonds. The Balaban J connectivity index is 1.95. The smallest absolute Gasteiger partial charge is 0.390 e. The summed E-state index contributed by atoms with van der Waals surface area (Å²) in [7, 11) is 0. The van der Waals surface area contributed by atoms with E-state index in [1.165, 1.54) is 24.3 Å². The molecule has 0 saturated carbocycles. The standard InChI is InChI=1S/C16H14ClF3N4O3/c1-9(17)8-26-23-10(2)7-21-14(25)12-5-3-11(4-6-12)13-22-15(27-24-13)16(18,19)20/h3-6H,1,7-8H2,2H3,(H,21,25)/b23-10-. The quantitative estimate of drug-likeness (QED) is 0.564. The molecule has 1 aromatic heterocycles. The van der Waals surface area contributed by atoms with Crippen molar-refractivity contribution in [2.75, 3.05) is 13.2 Å². The van der Waals surface area contributed by atoms with Crippen molar-refractivity contribution in [3.63, 3.8) is 0 Å². The van der Waals surface area contributed by atoms with Gasteiger partial charge in [-0.05, 0) is 19.1 Å². The molecule has 11 heteroatoms. The summed E-state index contributed by atoms with van der Waals surface area (Å²) in [6.07, 6.45) is -4.72. The van der Waals surface area contributed by atoms with Crippen molar-refractivity contribution in [2.45, 2.75) is 13.1 Å². The normalized spacial score (nSPS) is 12.0. The Morgan fingerprint density at radius 2 is 2.04 bits per heavy atom. The van der Waals surface area contributed by atoms with Gasteiger partial charge in [0.05, 0.1) is 17.3 Å². The van der Waals surface area contributed by atoms with Crippen LogP contribution in [0.1, 0.15) is 23.2 Å². The molecule has 27 heavy (non-hydrogen) atoms. The van der Waals surface area contributed by atoms with Crippen molar-refractivity contribution in [3.8, 4) is 11.4 Å². The number of benzene rings is 1. The van der Waals surface area contributed by atoms with Crippen LogP contribution in [-0.2, 0) is 11.0 Å². The Kier molecular flexibility index (Phi) is 6.56. The van der Waals surface area contributed by atoms with Crippen LogP contribution in [0, 0.1) is 0 Å². The lowest BCUT2D eigenvalue weighted by Crippen LogP contribution is -2.28. The van der Waals surface area contributed by atoms with Crippen molar-refractivity contribution in [3.05, 3.63) is 47.3 Å². The van der Waals surface area contributed by atoms with E-state index < -0.39 is 18.0 Å². The number of nitrogens with one attached hydrogen (secondary N) is 1. The van der Waals surface area contributed by atoms with Gasteiger partial charge in [0.25, 0.3) is 5.91 Å². The Morgan fingerprint density at radius 1 is 1.37 bits per heavy atom. The van der Waals surface area contributed by atoms with Crippen LogP contribution in [0.5, 0.6) is 0 Å². The highest BCUT2D eigenvalue weighted by Gasteiger charge is 2.38. The molecule has 0 saturated heterocycles. The number of amides is 1. The van der Waals surface area contributed by atoms with E-state index in [9.17, 15) is 18.0 Å². The van der Waals surface area contributed by atoms with Gasteiger partial charge >= 0.3 is 12.1 Å². The molecule has 0 spiro atoms. The van der Waals surface area contributed by atoms with Gasteiger partial charge in [0.1, 0.15) is 0 Å². The molecule has 0 bridgehead atoms. The Labute approximate surface area is 156 Å². The molecular weight excluding hydrogens is 389 g/mol. The predicted molar refractivity (Wildman–Crippen MR) is 91.1 cm³/mol. The zero-order valence-corrected chi connectivity index (χ0v) is 14.8. The molecule has 1 N–H and O–H groups in total. The number of carbonyl (C=O) groups excluding carboxylic acids is 1. The highest BCUT2D eigenvalue weighted by molar-refractivity contribution is 6.29. The predicted octanol–water partition coefficient (Wildman–Crippen LogP) is 3.63. The molecule has 144 valence electrons. The molecule has 0 unspecified atom stereocenters. The molecule has 2 aromatic rings. The van der Waals surface area contributed by atoms with E-state index in [2.05, 4.69) is 31.7 Å². The third-order valence-corrected chi connectivity index (χ3v) is 3.13. The number of alkyl halides is 3. The van der Waals surface area contributed by atoms with Crippen molar-refractivity contribution in [2.24, 2.45) is 5.16 Å². The third kappa shape index (κ3) is 6.10. The fourth-order valence-corrected chi connectivity index (χ4v) is 1.83. The van der Waals surface area contributed by atoms with Gasteiger partial charge in [0.15, 0.2) is 6.61 Å². The molecule has 7 nitrogen and oxygen atoms in total. The summed E-state index contributed by atoms with van der Waals surface area (Å²) in [4.78, 5) is 20.2. The van der Waals surface area contributed by atoms with Gasteiger partial charge in [-0.15, -0.1) is 0 Å². The number of nitrogens with zero attached hydrogens (tertiary/aromatic N) is 3.